The van der Waals surface area contributed by atoms with Crippen LogP contribution < -0.4 is 5.32 Å². The molecule has 0 aliphatic heterocycles. The van der Waals surface area contributed by atoms with Gasteiger partial charge in [0.2, 0.25) is 5.91 Å². The van der Waals surface area contributed by atoms with E-state index >= 15 is 0 Å². The van der Waals surface area contributed by atoms with Crippen molar-refractivity contribution in [1.29, 1.82) is 0 Å². The summed E-state index contributed by atoms with van der Waals surface area (Å²) >= 11 is 0. The molecule has 6 heteroatoms. The summed E-state index contributed by atoms with van der Waals surface area (Å²) in [5.74, 6) is -0.504. The molecule has 0 heterocycles. The van der Waals surface area contributed by atoms with Crippen molar-refractivity contribution in [1.82, 2.24) is 5.32 Å². The summed E-state index contributed by atoms with van der Waals surface area (Å²) in [6, 6.07) is -0.709. The van der Waals surface area contributed by atoms with E-state index in [1.807, 2.05) is 0 Å². The van der Waals surface area contributed by atoms with Gasteiger partial charge >= 0.3 is 5.97 Å². The summed E-state index contributed by atoms with van der Waals surface area (Å²) in [5.41, 5.74) is 0. The average Bonchev–Trinajstić information content (AvgIpc) is 3.22. The van der Waals surface area contributed by atoms with Crippen LogP contribution in [0.25, 0.3) is 0 Å². The number of carbonyl (C=O) groups is 2. The molecule has 3 atom stereocenters. The summed E-state index contributed by atoms with van der Waals surface area (Å²) < 4.78 is 5.91. The molecular formula is C52H97NO5. The van der Waals surface area contributed by atoms with E-state index in [0.717, 1.165) is 77.0 Å². The van der Waals surface area contributed by atoms with Crippen molar-refractivity contribution in [3.8, 4) is 0 Å². The van der Waals surface area contributed by atoms with Gasteiger partial charge in [0.15, 0.2) is 0 Å². The molecule has 0 radical (unpaired) electrons. The molecule has 0 aromatic carbocycles. The Morgan fingerprint density at radius 2 is 0.931 bits per heavy atom. The number of nitrogens with one attached hydrogen (secondary N) is 1. The Morgan fingerprint density at radius 3 is 1.40 bits per heavy atom. The standard InChI is InChI=1S/C52H97NO5/c1-4-7-10-13-16-19-21-23-24-25-26-27-28-30-33-36-39-42-45-52(57)58-48(43-40-37-34-32-29-22-20-17-14-11-8-5-2)46-51(56)53-49(47-54)50(55)44-41-38-35-31-18-15-12-9-6-3/h8,11,17,20,29,32,48-50,54-55H,4-7,9-10,12-16,18-19,21-28,30-31,33-47H2,1-3H3,(H,53,56)/b11-8+,20-17+,32-29+. The van der Waals surface area contributed by atoms with Gasteiger partial charge in [-0.1, -0.05) is 224 Å². The maximum Gasteiger partial charge on any atom is 0.306 e. The van der Waals surface area contributed by atoms with E-state index in [-0.39, 0.29) is 24.9 Å². The third kappa shape index (κ3) is 40.8. The van der Waals surface area contributed by atoms with Crippen molar-refractivity contribution in [2.24, 2.45) is 0 Å². The minimum atomic E-state index is -0.793. The fourth-order valence-corrected chi connectivity index (χ4v) is 7.68. The zero-order valence-corrected chi connectivity index (χ0v) is 38.7. The van der Waals surface area contributed by atoms with Crippen molar-refractivity contribution in [3.63, 3.8) is 0 Å². The zero-order chi connectivity index (χ0) is 42.4. The summed E-state index contributed by atoms with van der Waals surface area (Å²) in [5, 5.41) is 23.6. The van der Waals surface area contributed by atoms with E-state index in [9.17, 15) is 19.8 Å². The average molecular weight is 816 g/mol. The monoisotopic (exact) mass is 816 g/mol. The van der Waals surface area contributed by atoms with Crippen LogP contribution >= 0.6 is 0 Å². The second-order valence-electron chi connectivity index (χ2n) is 17.2. The second-order valence-corrected chi connectivity index (χ2v) is 17.2. The zero-order valence-electron chi connectivity index (χ0n) is 38.7. The van der Waals surface area contributed by atoms with E-state index in [1.54, 1.807) is 0 Å². The molecule has 0 aromatic rings. The number of aliphatic hydroxyl groups is 2. The quantitative estimate of drug-likeness (QED) is 0.0323. The number of amides is 1. The van der Waals surface area contributed by atoms with Gasteiger partial charge < -0.3 is 20.3 Å². The Hall–Kier alpha value is -1.92. The van der Waals surface area contributed by atoms with Crippen LogP contribution in [0.15, 0.2) is 36.5 Å². The Kier molecular flexibility index (Phi) is 44.6. The van der Waals surface area contributed by atoms with Crippen molar-refractivity contribution in [2.75, 3.05) is 6.61 Å². The molecule has 1 amide bonds. The number of hydrogen-bond donors (Lipinski definition) is 3. The molecule has 0 rings (SSSR count). The third-order valence-corrected chi connectivity index (χ3v) is 11.5. The third-order valence-electron chi connectivity index (χ3n) is 11.5. The van der Waals surface area contributed by atoms with Gasteiger partial charge in [-0.15, -0.1) is 0 Å². The van der Waals surface area contributed by atoms with E-state index in [4.69, 9.17) is 4.74 Å². The van der Waals surface area contributed by atoms with E-state index in [0.29, 0.717) is 19.3 Å². The van der Waals surface area contributed by atoms with Crippen LogP contribution in [0.3, 0.4) is 0 Å². The number of carbonyl (C=O) groups excluding carboxylic acids is 2. The fraction of sp³-hybridized carbons (Fsp3) is 0.846. The normalized spacial score (nSPS) is 13.5. The Labute approximate surface area is 360 Å². The summed E-state index contributed by atoms with van der Waals surface area (Å²) in [4.78, 5) is 26.1. The second kappa shape index (κ2) is 46.2. The lowest BCUT2D eigenvalue weighted by molar-refractivity contribution is -0.151. The predicted molar refractivity (Wildman–Crippen MR) is 250 cm³/mol. The fourth-order valence-electron chi connectivity index (χ4n) is 7.68. The Balaban J connectivity index is 4.51. The van der Waals surface area contributed by atoms with E-state index < -0.39 is 18.2 Å². The topological polar surface area (TPSA) is 95.9 Å². The van der Waals surface area contributed by atoms with Gasteiger partial charge in [-0.2, -0.15) is 0 Å². The highest BCUT2D eigenvalue weighted by atomic mass is 16.5. The molecule has 3 N–H and O–H groups in total. The van der Waals surface area contributed by atoms with Crippen LogP contribution in [-0.4, -0.2) is 46.9 Å². The summed E-state index contributed by atoms with van der Waals surface area (Å²) in [6.45, 7) is 6.35. The largest absolute Gasteiger partial charge is 0.462 e. The first kappa shape index (κ1) is 56.1. The van der Waals surface area contributed by atoms with Crippen LogP contribution in [0.1, 0.15) is 258 Å². The lowest BCUT2D eigenvalue weighted by Gasteiger charge is -2.24. The maximum atomic E-state index is 13.1. The van der Waals surface area contributed by atoms with Gasteiger partial charge in [-0.25, -0.2) is 0 Å². The minimum Gasteiger partial charge on any atom is -0.462 e. The van der Waals surface area contributed by atoms with Gasteiger partial charge in [0.25, 0.3) is 0 Å². The lowest BCUT2D eigenvalue weighted by atomic mass is 10.0. The van der Waals surface area contributed by atoms with Crippen LogP contribution in [0, 0.1) is 0 Å². The van der Waals surface area contributed by atoms with Gasteiger partial charge in [0.05, 0.1) is 25.2 Å². The smallest absolute Gasteiger partial charge is 0.306 e. The molecule has 0 fully saturated rings. The molecule has 0 aromatic heterocycles. The SMILES string of the molecule is CC/C=C/C/C=C/C/C=C/CCCCC(CC(=O)NC(CO)C(O)CCCCCCCCCCC)OC(=O)CCCCCCCCCCCCCCCCCCCC. The lowest BCUT2D eigenvalue weighted by Crippen LogP contribution is -2.46. The highest BCUT2D eigenvalue weighted by Gasteiger charge is 2.24. The summed E-state index contributed by atoms with van der Waals surface area (Å²) in [7, 11) is 0. The highest BCUT2D eigenvalue weighted by Crippen LogP contribution is 2.18. The van der Waals surface area contributed by atoms with Crippen LogP contribution in [0.5, 0.6) is 0 Å². The number of hydrogen-bond acceptors (Lipinski definition) is 5. The van der Waals surface area contributed by atoms with Gasteiger partial charge in [0, 0.05) is 6.42 Å². The van der Waals surface area contributed by atoms with Gasteiger partial charge in [-0.3, -0.25) is 9.59 Å². The first-order valence-electron chi connectivity index (χ1n) is 25.2. The molecule has 0 saturated heterocycles. The molecule has 58 heavy (non-hydrogen) atoms. The van der Waals surface area contributed by atoms with Crippen molar-refractivity contribution < 1.29 is 24.5 Å². The molecule has 0 saturated carbocycles. The molecule has 6 nitrogen and oxygen atoms in total. The molecule has 0 aliphatic rings. The molecule has 0 bridgehead atoms. The Morgan fingerprint density at radius 1 is 0.517 bits per heavy atom. The van der Waals surface area contributed by atoms with Gasteiger partial charge in [0.1, 0.15) is 6.10 Å². The van der Waals surface area contributed by atoms with E-state index in [1.165, 1.54) is 135 Å². The highest BCUT2D eigenvalue weighted by molar-refractivity contribution is 5.77. The van der Waals surface area contributed by atoms with Crippen molar-refractivity contribution in [2.45, 2.75) is 277 Å². The van der Waals surface area contributed by atoms with Crippen molar-refractivity contribution >= 4 is 11.9 Å². The van der Waals surface area contributed by atoms with Crippen LogP contribution in [0.2, 0.25) is 0 Å². The number of unbranched alkanes of at least 4 members (excludes halogenated alkanes) is 27. The Bertz CT molecular complexity index is 961. The molecule has 3 unspecified atom stereocenters. The molecule has 0 spiro atoms. The van der Waals surface area contributed by atoms with Gasteiger partial charge in [-0.05, 0) is 57.8 Å². The first-order chi connectivity index (χ1) is 28.5. The number of aliphatic hydroxyl groups excluding tert-OH is 2. The molecular weight excluding hydrogens is 719 g/mol. The number of ether oxygens (including phenoxy) is 1. The predicted octanol–water partition coefficient (Wildman–Crippen LogP) is 14.9. The molecule has 0 aliphatic carbocycles. The number of rotatable bonds is 45. The molecule has 340 valence electrons. The first-order valence-corrected chi connectivity index (χ1v) is 25.2. The number of allylic oxidation sites excluding steroid dienone is 6. The van der Waals surface area contributed by atoms with Crippen LogP contribution in [-0.2, 0) is 14.3 Å². The van der Waals surface area contributed by atoms with E-state index in [2.05, 4.69) is 62.5 Å². The van der Waals surface area contributed by atoms with Crippen LogP contribution in [0.4, 0.5) is 0 Å². The summed E-state index contributed by atoms with van der Waals surface area (Å²) in [6.07, 6.45) is 53.6. The van der Waals surface area contributed by atoms with Crippen molar-refractivity contribution in [3.05, 3.63) is 36.5 Å². The number of esters is 1. The minimum absolute atomic E-state index is 0.0548. The maximum absolute atomic E-state index is 13.1.